The molecule has 21 heavy (non-hydrogen) atoms. The predicted octanol–water partition coefficient (Wildman–Crippen LogP) is 6.99. The van der Waals surface area contributed by atoms with Gasteiger partial charge < -0.3 is 4.74 Å². The van der Waals surface area contributed by atoms with Gasteiger partial charge in [-0.05, 0) is 49.4 Å². The van der Waals surface area contributed by atoms with Crippen LogP contribution in [0.25, 0.3) is 0 Å². The number of ether oxygens (including phenoxy) is 1. The quantitative estimate of drug-likeness (QED) is 0.422. The molecule has 0 saturated heterocycles. The monoisotopic (exact) mass is 298 g/mol. The molecule has 0 rings (SSSR count). The topological polar surface area (TPSA) is 9.23 Å². The molecule has 0 bridgehead atoms. The number of hydrogen-bond acceptors (Lipinski definition) is 1. The van der Waals surface area contributed by atoms with Crippen LogP contribution in [-0.2, 0) is 4.74 Å². The second-order valence-electron chi connectivity index (χ2n) is 7.98. The minimum Gasteiger partial charge on any atom is -0.367 e. The molecular weight excluding hydrogens is 256 g/mol. The third-order valence-electron chi connectivity index (χ3n) is 6.91. The summed E-state index contributed by atoms with van der Waals surface area (Å²) < 4.78 is 7.13. The van der Waals surface area contributed by atoms with E-state index in [-0.39, 0.29) is 22.0 Å². The molecule has 1 heteroatoms. The first-order chi connectivity index (χ1) is 9.57. The maximum Gasteiger partial charge on any atom is 0.0735 e. The van der Waals surface area contributed by atoms with Crippen molar-refractivity contribution in [3.05, 3.63) is 0 Å². The van der Waals surface area contributed by atoms with E-state index < -0.39 is 0 Å². The van der Waals surface area contributed by atoms with Gasteiger partial charge in [0.05, 0.1) is 11.2 Å². The highest BCUT2D eigenvalue weighted by molar-refractivity contribution is 5.00. The van der Waals surface area contributed by atoms with Gasteiger partial charge in [-0.15, -0.1) is 0 Å². The van der Waals surface area contributed by atoms with Crippen LogP contribution >= 0.6 is 0 Å². The SMILES string of the molecule is CCC(C)(C)C(CC)(CC)OC(CC)(CC)C(C)(C)CC. The highest BCUT2D eigenvalue weighted by atomic mass is 16.5. The molecule has 0 atom stereocenters. The summed E-state index contributed by atoms with van der Waals surface area (Å²) in [5.41, 5.74) is 0.353. The van der Waals surface area contributed by atoms with E-state index in [2.05, 4.69) is 69.2 Å². The molecular formula is C20H42O. The van der Waals surface area contributed by atoms with E-state index in [4.69, 9.17) is 4.74 Å². The largest absolute Gasteiger partial charge is 0.367 e. The van der Waals surface area contributed by atoms with Crippen molar-refractivity contribution < 1.29 is 4.74 Å². The van der Waals surface area contributed by atoms with Crippen LogP contribution in [0.15, 0.2) is 0 Å². The highest BCUT2D eigenvalue weighted by Gasteiger charge is 2.51. The third-order valence-corrected chi connectivity index (χ3v) is 6.91. The van der Waals surface area contributed by atoms with Gasteiger partial charge in [-0.2, -0.15) is 0 Å². The normalized spacial score (nSPS) is 14.6. The Morgan fingerprint density at radius 1 is 0.476 bits per heavy atom. The lowest BCUT2D eigenvalue weighted by Gasteiger charge is -2.56. The summed E-state index contributed by atoms with van der Waals surface area (Å²) in [4.78, 5) is 0. The Kier molecular flexibility index (Phi) is 7.47. The average Bonchev–Trinajstić information content (AvgIpc) is 2.48. The minimum atomic E-state index is -0.0276. The van der Waals surface area contributed by atoms with E-state index >= 15 is 0 Å². The smallest absolute Gasteiger partial charge is 0.0735 e. The van der Waals surface area contributed by atoms with Gasteiger partial charge in [0.25, 0.3) is 0 Å². The Morgan fingerprint density at radius 2 is 0.714 bits per heavy atom. The second-order valence-corrected chi connectivity index (χ2v) is 7.98. The molecule has 0 amide bonds. The summed E-state index contributed by atoms with van der Waals surface area (Å²) in [5, 5.41) is 0. The van der Waals surface area contributed by atoms with Crippen LogP contribution in [-0.4, -0.2) is 11.2 Å². The number of hydrogen-bond donors (Lipinski definition) is 0. The molecule has 0 saturated carbocycles. The van der Waals surface area contributed by atoms with Gasteiger partial charge in [-0.3, -0.25) is 0 Å². The zero-order valence-electron chi connectivity index (χ0n) is 16.7. The van der Waals surface area contributed by atoms with E-state index in [1.54, 1.807) is 0 Å². The van der Waals surface area contributed by atoms with Crippen molar-refractivity contribution >= 4 is 0 Å². The van der Waals surface area contributed by atoms with Gasteiger partial charge >= 0.3 is 0 Å². The lowest BCUT2D eigenvalue weighted by atomic mass is 9.65. The van der Waals surface area contributed by atoms with E-state index in [0.717, 1.165) is 38.5 Å². The van der Waals surface area contributed by atoms with Crippen LogP contribution in [0, 0.1) is 10.8 Å². The summed E-state index contributed by atoms with van der Waals surface area (Å²) in [6.45, 7) is 23.3. The maximum absolute atomic E-state index is 7.13. The molecule has 0 radical (unpaired) electrons. The Labute approximate surface area is 135 Å². The predicted molar refractivity (Wildman–Crippen MR) is 95.9 cm³/mol. The Morgan fingerprint density at radius 3 is 0.857 bits per heavy atom. The number of rotatable bonds is 10. The van der Waals surface area contributed by atoms with E-state index in [9.17, 15) is 0 Å². The lowest BCUT2D eigenvalue weighted by Crippen LogP contribution is -2.57. The van der Waals surface area contributed by atoms with Gasteiger partial charge in [-0.1, -0.05) is 69.2 Å². The molecule has 0 fully saturated rings. The van der Waals surface area contributed by atoms with Crippen LogP contribution in [0.3, 0.4) is 0 Å². The van der Waals surface area contributed by atoms with Crippen molar-refractivity contribution in [2.24, 2.45) is 10.8 Å². The fourth-order valence-corrected chi connectivity index (χ4v) is 4.00. The molecule has 128 valence electrons. The van der Waals surface area contributed by atoms with Crippen LogP contribution in [0.2, 0.25) is 0 Å². The van der Waals surface area contributed by atoms with Crippen LogP contribution < -0.4 is 0 Å². The van der Waals surface area contributed by atoms with Crippen molar-refractivity contribution in [1.82, 2.24) is 0 Å². The van der Waals surface area contributed by atoms with E-state index in [1.807, 2.05) is 0 Å². The molecule has 0 aromatic carbocycles. The molecule has 0 N–H and O–H groups in total. The zero-order chi connectivity index (χ0) is 16.9. The molecule has 1 nitrogen and oxygen atoms in total. The molecule has 0 heterocycles. The molecule has 0 aliphatic rings. The van der Waals surface area contributed by atoms with Crippen molar-refractivity contribution in [3.8, 4) is 0 Å². The summed E-state index contributed by atoms with van der Waals surface area (Å²) in [5.74, 6) is 0. The zero-order valence-corrected chi connectivity index (χ0v) is 16.7. The van der Waals surface area contributed by atoms with Crippen molar-refractivity contribution in [1.29, 1.82) is 0 Å². The maximum atomic E-state index is 7.13. The first-order valence-corrected chi connectivity index (χ1v) is 9.27. The minimum absolute atomic E-state index is 0.0276. The molecule has 0 aliphatic carbocycles. The Hall–Kier alpha value is -0.0400. The summed E-state index contributed by atoms with van der Waals surface area (Å²) in [6, 6.07) is 0. The molecule has 0 unspecified atom stereocenters. The standard InChI is InChI=1S/C20H42O/c1-11-17(7,8)19(13-3,14-4)21-20(15-5,16-6)18(9,10)12-2/h11-16H2,1-10H3. The first kappa shape index (κ1) is 21.0. The van der Waals surface area contributed by atoms with Gasteiger partial charge in [0.2, 0.25) is 0 Å². The second kappa shape index (κ2) is 7.49. The van der Waals surface area contributed by atoms with Gasteiger partial charge in [0.1, 0.15) is 0 Å². The fourth-order valence-electron chi connectivity index (χ4n) is 4.00. The average molecular weight is 299 g/mol. The fraction of sp³-hybridized carbons (Fsp3) is 1.00. The molecule has 0 spiro atoms. The van der Waals surface area contributed by atoms with Gasteiger partial charge in [0, 0.05) is 0 Å². The van der Waals surface area contributed by atoms with Crippen LogP contribution in [0.1, 0.15) is 108 Å². The molecule has 0 aliphatic heterocycles. The van der Waals surface area contributed by atoms with Crippen molar-refractivity contribution in [2.45, 2.75) is 119 Å². The van der Waals surface area contributed by atoms with Gasteiger partial charge in [0.15, 0.2) is 0 Å². The summed E-state index contributed by atoms with van der Waals surface area (Å²) in [6.07, 6.45) is 6.67. The van der Waals surface area contributed by atoms with Crippen molar-refractivity contribution in [3.63, 3.8) is 0 Å². The Balaban J connectivity index is 5.87. The Bertz CT molecular complexity index is 263. The summed E-state index contributed by atoms with van der Waals surface area (Å²) in [7, 11) is 0. The molecule has 0 aromatic heterocycles. The molecule has 0 aromatic rings. The van der Waals surface area contributed by atoms with E-state index in [0.29, 0.717) is 0 Å². The van der Waals surface area contributed by atoms with Crippen LogP contribution in [0.4, 0.5) is 0 Å². The van der Waals surface area contributed by atoms with Gasteiger partial charge in [-0.25, -0.2) is 0 Å². The van der Waals surface area contributed by atoms with E-state index in [1.165, 1.54) is 0 Å². The third kappa shape index (κ3) is 3.66. The lowest BCUT2D eigenvalue weighted by molar-refractivity contribution is -0.250. The first-order valence-electron chi connectivity index (χ1n) is 9.27. The van der Waals surface area contributed by atoms with Crippen LogP contribution in [0.5, 0.6) is 0 Å². The highest BCUT2D eigenvalue weighted by Crippen LogP contribution is 2.51. The van der Waals surface area contributed by atoms with Crippen molar-refractivity contribution in [2.75, 3.05) is 0 Å². The summed E-state index contributed by atoms with van der Waals surface area (Å²) >= 11 is 0.